The Morgan fingerprint density at radius 2 is 2.02 bits per heavy atom. The maximum atomic E-state index is 14.3. The third kappa shape index (κ3) is 7.12. The van der Waals surface area contributed by atoms with Crippen molar-refractivity contribution in [3.8, 4) is 11.6 Å². The van der Waals surface area contributed by atoms with Crippen LogP contribution < -0.4 is 14.4 Å². The van der Waals surface area contributed by atoms with Gasteiger partial charge in [-0.1, -0.05) is 35.9 Å². The van der Waals surface area contributed by atoms with E-state index >= 15 is 0 Å². The quantitative estimate of drug-likeness (QED) is 0.295. The number of allylic oxidation sites excluding steroid dienone is 1. The molecule has 3 aromatic rings. The number of ether oxygens (including phenoxy) is 3. The lowest BCUT2D eigenvalue weighted by atomic mass is 9.68. The largest absolute Gasteiger partial charge is 0.490 e. The van der Waals surface area contributed by atoms with Gasteiger partial charge in [-0.2, -0.15) is 9.46 Å². The molecule has 50 heavy (non-hydrogen) atoms. The van der Waals surface area contributed by atoms with Crippen molar-refractivity contribution < 1.29 is 28.0 Å². The number of rotatable bonds is 6. The van der Waals surface area contributed by atoms with Crippen molar-refractivity contribution in [1.82, 2.24) is 9.78 Å². The number of carbonyl (C=O) groups is 2. The van der Waals surface area contributed by atoms with E-state index in [2.05, 4.69) is 51.6 Å². The number of anilines is 1. The molecule has 1 saturated carbocycles. The third-order valence-corrected chi connectivity index (χ3v) is 13.3. The van der Waals surface area contributed by atoms with Gasteiger partial charge in [-0.05, 0) is 93.0 Å². The highest BCUT2D eigenvalue weighted by atomic mass is 32.2. The minimum absolute atomic E-state index is 0.0237. The first-order chi connectivity index (χ1) is 24.1. The second-order valence-corrected chi connectivity index (χ2v) is 17.0. The molecule has 266 valence electrons. The number of benzene rings is 2. The van der Waals surface area contributed by atoms with Crippen molar-refractivity contribution in [1.29, 1.82) is 0 Å². The second kappa shape index (κ2) is 14.3. The highest BCUT2D eigenvalue weighted by Gasteiger charge is 2.44. The molecular weight excluding hydrogens is 653 g/mol. The highest BCUT2D eigenvalue weighted by Crippen LogP contribution is 2.47. The summed E-state index contributed by atoms with van der Waals surface area (Å²) in [7, 11) is 0.256. The Bertz CT molecular complexity index is 1910. The molecule has 7 rings (SSSR count). The fraction of sp³-hybridized carbons (Fsp3) is 0.513. The smallest absolute Gasteiger partial charge is 0.285 e. The van der Waals surface area contributed by atoms with Crippen LogP contribution in [0.5, 0.6) is 11.6 Å². The number of nitrogens with zero attached hydrogens (tertiary/aromatic N) is 4. The average Bonchev–Trinajstić information content (AvgIpc) is 3.43. The van der Waals surface area contributed by atoms with E-state index in [1.54, 1.807) is 32.5 Å². The van der Waals surface area contributed by atoms with Crippen LogP contribution in [0, 0.1) is 18.8 Å². The Morgan fingerprint density at radius 1 is 1.14 bits per heavy atom. The standard InChI is InChI=1S/C39H48N4O6S/c1-27-10-14-33-28(20-27)8-7-17-39(33)25-43-22-30-11-13-32(30)35(47-3)9-5-4-6-19-50(46,24-31(44)23-48-37-16-18-40-42(37)2)41-38(45)29-12-15-36(49-26-39)34(43)21-29/h5,9-10,12,14-16,18,20-21,30,32,35H,4,6-8,11,13,17,19,22-26H2,1-3H3/b9-5+/t30-,32+,35-,39-,50?/m0/s1. The van der Waals surface area contributed by atoms with Crippen LogP contribution in [-0.4, -0.2) is 76.7 Å². The van der Waals surface area contributed by atoms with E-state index in [-0.39, 0.29) is 35.4 Å². The van der Waals surface area contributed by atoms with E-state index in [0.29, 0.717) is 42.7 Å². The SMILES string of the molecule is CO[C@H]1/C=C/CCCS(=O)(CC(=O)COc2ccnn2C)=NC(=O)c2ccc3c(c2)N(C[C@@H]2CC[C@H]21)C[C@@]1(CCCc2cc(C)ccc21)CO3. The van der Waals surface area contributed by atoms with E-state index in [1.165, 1.54) is 21.4 Å². The van der Waals surface area contributed by atoms with Crippen LogP contribution >= 0.6 is 0 Å². The van der Waals surface area contributed by atoms with Crippen LogP contribution in [0.2, 0.25) is 0 Å². The van der Waals surface area contributed by atoms with Crippen LogP contribution in [-0.2, 0) is 38.1 Å². The molecule has 1 spiro atoms. The molecule has 11 heteroatoms. The number of carbonyl (C=O) groups excluding carboxylic acids is 2. The molecule has 10 nitrogen and oxygen atoms in total. The van der Waals surface area contributed by atoms with Crippen molar-refractivity contribution in [3.05, 3.63) is 83.1 Å². The first-order valence-corrected chi connectivity index (χ1v) is 19.7. The second-order valence-electron chi connectivity index (χ2n) is 14.6. The summed E-state index contributed by atoms with van der Waals surface area (Å²) >= 11 is 0. The van der Waals surface area contributed by atoms with Gasteiger partial charge in [-0.25, -0.2) is 8.89 Å². The van der Waals surface area contributed by atoms with Gasteiger partial charge in [0.15, 0.2) is 5.78 Å². The fourth-order valence-corrected chi connectivity index (χ4v) is 10.2. The molecule has 0 radical (unpaired) electrons. The van der Waals surface area contributed by atoms with E-state index in [9.17, 15) is 13.8 Å². The van der Waals surface area contributed by atoms with Crippen LogP contribution in [0.15, 0.2) is 65.2 Å². The molecular formula is C39H48N4O6S. The average molecular weight is 701 g/mol. The monoisotopic (exact) mass is 700 g/mol. The molecule has 1 aromatic heterocycles. The number of fused-ring (bicyclic) bond motifs is 4. The summed E-state index contributed by atoms with van der Waals surface area (Å²) in [6, 6.07) is 13.9. The Balaban J connectivity index is 1.24. The predicted octanol–water partition coefficient (Wildman–Crippen LogP) is 5.85. The number of methoxy groups -OCH3 is 1. The first-order valence-electron chi connectivity index (χ1n) is 17.9. The molecule has 3 heterocycles. The summed E-state index contributed by atoms with van der Waals surface area (Å²) in [6.07, 6.45) is 12.3. The molecule has 2 aromatic carbocycles. The van der Waals surface area contributed by atoms with Gasteiger partial charge < -0.3 is 19.1 Å². The highest BCUT2D eigenvalue weighted by molar-refractivity contribution is 7.94. The summed E-state index contributed by atoms with van der Waals surface area (Å²) in [5, 5.41) is 4.05. The zero-order valence-electron chi connectivity index (χ0n) is 29.3. The van der Waals surface area contributed by atoms with Gasteiger partial charge in [0.25, 0.3) is 5.91 Å². The number of amides is 1. The van der Waals surface area contributed by atoms with E-state index in [1.807, 2.05) is 12.1 Å². The first kappa shape index (κ1) is 34.5. The van der Waals surface area contributed by atoms with Crippen LogP contribution in [0.1, 0.15) is 65.6 Å². The predicted molar refractivity (Wildman–Crippen MR) is 194 cm³/mol. The Morgan fingerprint density at radius 3 is 2.80 bits per heavy atom. The van der Waals surface area contributed by atoms with Gasteiger partial charge in [0, 0.05) is 50.0 Å². The van der Waals surface area contributed by atoms with Crippen molar-refractivity contribution in [2.24, 2.45) is 23.2 Å². The summed E-state index contributed by atoms with van der Waals surface area (Å²) in [5.74, 6) is 0.733. The maximum Gasteiger partial charge on any atom is 0.285 e. The lowest BCUT2D eigenvalue weighted by Gasteiger charge is -2.46. The number of aryl methyl sites for hydroxylation is 3. The maximum absolute atomic E-state index is 14.3. The summed E-state index contributed by atoms with van der Waals surface area (Å²) in [4.78, 5) is 29.4. The van der Waals surface area contributed by atoms with Gasteiger partial charge in [-0.3, -0.25) is 9.59 Å². The molecule has 1 unspecified atom stereocenters. The van der Waals surface area contributed by atoms with Crippen LogP contribution in [0.4, 0.5) is 5.69 Å². The van der Waals surface area contributed by atoms with Crippen molar-refractivity contribution in [2.75, 3.05) is 49.8 Å². The minimum atomic E-state index is -3.23. The van der Waals surface area contributed by atoms with Crippen LogP contribution in [0.25, 0.3) is 0 Å². The van der Waals surface area contributed by atoms with Crippen molar-refractivity contribution >= 4 is 27.1 Å². The van der Waals surface area contributed by atoms with Gasteiger partial charge in [-0.15, -0.1) is 0 Å². The molecule has 1 fully saturated rings. The van der Waals surface area contributed by atoms with Crippen LogP contribution in [0.3, 0.4) is 0 Å². The molecule has 2 bridgehead atoms. The van der Waals surface area contributed by atoms with Gasteiger partial charge >= 0.3 is 0 Å². The lowest BCUT2D eigenvalue weighted by molar-refractivity contribution is -0.118. The minimum Gasteiger partial charge on any atom is -0.490 e. The number of ketones is 1. The number of Topliss-reactive ketones (excluding diaryl/α,β-unsaturated/α-hetero) is 1. The molecule has 0 saturated heterocycles. The Labute approximate surface area is 295 Å². The Kier molecular flexibility index (Phi) is 9.89. The topological polar surface area (TPSA) is 112 Å². The van der Waals surface area contributed by atoms with Crippen molar-refractivity contribution in [2.45, 2.75) is 63.4 Å². The zero-order chi connectivity index (χ0) is 34.9. The summed E-state index contributed by atoms with van der Waals surface area (Å²) < 4.78 is 38.5. The van der Waals surface area contributed by atoms with E-state index in [0.717, 1.165) is 56.6 Å². The van der Waals surface area contributed by atoms with Gasteiger partial charge in [0.05, 0.1) is 40.1 Å². The number of hydrogen-bond donors (Lipinski definition) is 0. The van der Waals surface area contributed by atoms with E-state index < -0.39 is 15.6 Å². The normalized spacial score (nSPS) is 28.7. The number of hydrogen-bond acceptors (Lipinski definition) is 8. The molecule has 2 aliphatic carbocycles. The third-order valence-electron chi connectivity index (χ3n) is 11.1. The lowest BCUT2D eigenvalue weighted by Crippen LogP contribution is -2.49. The van der Waals surface area contributed by atoms with E-state index in [4.69, 9.17) is 14.2 Å². The molecule has 0 N–H and O–H groups in total. The molecule has 4 aliphatic rings. The van der Waals surface area contributed by atoms with Gasteiger partial charge in [0.1, 0.15) is 12.4 Å². The fourth-order valence-electron chi connectivity index (χ4n) is 8.30. The molecule has 1 amide bonds. The summed E-state index contributed by atoms with van der Waals surface area (Å²) in [6.45, 7) is 4.00. The molecule has 5 atom stereocenters. The molecule has 2 aliphatic heterocycles. The van der Waals surface area contributed by atoms with Gasteiger partial charge in [0.2, 0.25) is 5.88 Å². The van der Waals surface area contributed by atoms with Crippen molar-refractivity contribution in [3.63, 3.8) is 0 Å². The Hall–Kier alpha value is -3.96. The summed E-state index contributed by atoms with van der Waals surface area (Å²) in [5.41, 5.74) is 5.03. The number of aromatic nitrogens is 2. The zero-order valence-corrected chi connectivity index (χ0v) is 30.2.